The van der Waals surface area contributed by atoms with Crippen molar-refractivity contribution >= 4 is 17.3 Å². The summed E-state index contributed by atoms with van der Waals surface area (Å²) in [7, 11) is 0. The summed E-state index contributed by atoms with van der Waals surface area (Å²) in [5, 5.41) is 12.2. The van der Waals surface area contributed by atoms with Crippen LogP contribution in [0.2, 0.25) is 0 Å². The Hall–Kier alpha value is -2.69. The highest BCUT2D eigenvalue weighted by molar-refractivity contribution is 5.90. The number of carboxylic acids is 1. The van der Waals surface area contributed by atoms with E-state index in [-0.39, 0.29) is 6.79 Å². The van der Waals surface area contributed by atoms with Crippen molar-refractivity contribution in [2.75, 3.05) is 12.1 Å². The predicted molar refractivity (Wildman–Crippen MR) is 74.0 cm³/mol. The van der Waals surface area contributed by atoms with Gasteiger partial charge in [0.25, 0.3) is 0 Å². The summed E-state index contributed by atoms with van der Waals surface area (Å²) >= 11 is 0. The lowest BCUT2D eigenvalue weighted by atomic mass is 10.1. The van der Waals surface area contributed by atoms with Gasteiger partial charge in [-0.25, -0.2) is 4.79 Å². The molecule has 0 aliphatic carbocycles. The molecule has 1 aliphatic rings. The number of anilines is 2. The second-order valence-corrected chi connectivity index (χ2v) is 4.53. The average Bonchev–Trinajstić information content (AvgIpc) is 2.85. The van der Waals surface area contributed by atoms with Gasteiger partial charge < -0.3 is 19.9 Å². The van der Waals surface area contributed by atoms with Crippen LogP contribution in [-0.4, -0.2) is 17.9 Å². The molecule has 0 aromatic heterocycles. The normalized spacial score (nSPS) is 12.2. The highest BCUT2D eigenvalue weighted by Crippen LogP contribution is 2.35. The molecule has 5 heteroatoms. The van der Waals surface area contributed by atoms with E-state index < -0.39 is 5.97 Å². The number of nitrogens with one attached hydrogen (secondary N) is 1. The van der Waals surface area contributed by atoms with Crippen molar-refractivity contribution in [2.45, 2.75) is 6.92 Å². The first-order valence-electron chi connectivity index (χ1n) is 6.14. The van der Waals surface area contributed by atoms with E-state index in [4.69, 9.17) is 14.6 Å². The number of fused-ring (bicyclic) bond motifs is 1. The van der Waals surface area contributed by atoms with Crippen LogP contribution >= 0.6 is 0 Å². The summed E-state index contributed by atoms with van der Waals surface area (Å²) in [6.07, 6.45) is 0. The van der Waals surface area contributed by atoms with Crippen molar-refractivity contribution in [1.82, 2.24) is 0 Å². The Morgan fingerprint density at radius 3 is 2.55 bits per heavy atom. The predicted octanol–water partition coefficient (Wildman–Crippen LogP) is 3.17. The van der Waals surface area contributed by atoms with E-state index in [1.807, 2.05) is 18.2 Å². The Bertz CT molecular complexity index is 682. The molecule has 0 bridgehead atoms. The zero-order valence-corrected chi connectivity index (χ0v) is 10.8. The number of rotatable bonds is 3. The zero-order valence-electron chi connectivity index (χ0n) is 10.8. The standard InChI is InChI=1S/C15H13NO4/c1-9-6-10(2-4-12(9)15(17)18)16-11-3-5-13-14(7-11)20-8-19-13/h2-7,16H,8H2,1H3,(H,17,18). The van der Waals surface area contributed by atoms with E-state index >= 15 is 0 Å². The molecule has 102 valence electrons. The van der Waals surface area contributed by atoms with Crippen molar-refractivity contribution < 1.29 is 19.4 Å². The highest BCUT2D eigenvalue weighted by atomic mass is 16.7. The molecular weight excluding hydrogens is 258 g/mol. The second-order valence-electron chi connectivity index (χ2n) is 4.53. The lowest BCUT2D eigenvalue weighted by Crippen LogP contribution is -2.00. The lowest BCUT2D eigenvalue weighted by Gasteiger charge is -2.09. The van der Waals surface area contributed by atoms with Crippen molar-refractivity contribution in [3.8, 4) is 11.5 Å². The number of benzene rings is 2. The van der Waals surface area contributed by atoms with Crippen LogP contribution in [0.1, 0.15) is 15.9 Å². The molecule has 0 radical (unpaired) electrons. The molecule has 0 unspecified atom stereocenters. The Kier molecular flexibility index (Phi) is 2.95. The van der Waals surface area contributed by atoms with Gasteiger partial charge in [0.2, 0.25) is 6.79 Å². The number of ether oxygens (including phenoxy) is 2. The molecular formula is C15H13NO4. The molecule has 20 heavy (non-hydrogen) atoms. The summed E-state index contributed by atoms with van der Waals surface area (Å²) in [5.74, 6) is 0.513. The summed E-state index contributed by atoms with van der Waals surface area (Å²) in [5.41, 5.74) is 2.70. The number of aryl methyl sites for hydroxylation is 1. The Morgan fingerprint density at radius 2 is 1.80 bits per heavy atom. The van der Waals surface area contributed by atoms with Crippen molar-refractivity contribution in [3.63, 3.8) is 0 Å². The molecule has 0 saturated heterocycles. The van der Waals surface area contributed by atoms with Gasteiger partial charge in [0.1, 0.15) is 0 Å². The van der Waals surface area contributed by atoms with Gasteiger partial charge in [-0.3, -0.25) is 0 Å². The first kappa shape index (κ1) is 12.3. The maximum absolute atomic E-state index is 11.0. The SMILES string of the molecule is Cc1cc(Nc2ccc3c(c2)OCO3)ccc1C(=O)O. The van der Waals surface area contributed by atoms with E-state index in [0.29, 0.717) is 16.9 Å². The van der Waals surface area contributed by atoms with E-state index in [0.717, 1.165) is 17.1 Å². The first-order chi connectivity index (χ1) is 9.63. The van der Waals surface area contributed by atoms with Crippen molar-refractivity contribution in [1.29, 1.82) is 0 Å². The minimum atomic E-state index is -0.919. The molecule has 0 amide bonds. The number of hydrogen-bond acceptors (Lipinski definition) is 4. The van der Waals surface area contributed by atoms with Crippen LogP contribution in [0, 0.1) is 6.92 Å². The van der Waals surface area contributed by atoms with Crippen LogP contribution < -0.4 is 14.8 Å². The van der Waals surface area contributed by atoms with E-state index in [2.05, 4.69) is 5.32 Å². The van der Waals surface area contributed by atoms with Gasteiger partial charge in [-0.1, -0.05) is 0 Å². The smallest absolute Gasteiger partial charge is 0.335 e. The average molecular weight is 271 g/mol. The minimum Gasteiger partial charge on any atom is -0.478 e. The van der Waals surface area contributed by atoms with Crippen molar-refractivity contribution in [2.24, 2.45) is 0 Å². The number of aromatic carboxylic acids is 1. The molecule has 3 rings (SSSR count). The highest BCUT2D eigenvalue weighted by Gasteiger charge is 2.13. The molecule has 2 aromatic carbocycles. The summed E-state index contributed by atoms with van der Waals surface area (Å²) in [6.45, 7) is 2.01. The Balaban J connectivity index is 1.84. The minimum absolute atomic E-state index is 0.241. The quantitative estimate of drug-likeness (QED) is 0.897. The van der Waals surface area contributed by atoms with Gasteiger partial charge in [0.05, 0.1) is 5.56 Å². The van der Waals surface area contributed by atoms with Crippen LogP contribution in [-0.2, 0) is 0 Å². The fourth-order valence-electron chi connectivity index (χ4n) is 2.12. The maximum Gasteiger partial charge on any atom is 0.335 e. The van der Waals surface area contributed by atoms with E-state index in [1.54, 1.807) is 25.1 Å². The fourth-order valence-corrected chi connectivity index (χ4v) is 2.12. The van der Waals surface area contributed by atoms with Crippen LogP contribution in [0.3, 0.4) is 0 Å². The Morgan fingerprint density at radius 1 is 1.10 bits per heavy atom. The van der Waals surface area contributed by atoms with Gasteiger partial charge in [0.15, 0.2) is 11.5 Å². The molecule has 2 N–H and O–H groups in total. The molecule has 1 heterocycles. The molecule has 0 atom stereocenters. The molecule has 2 aromatic rings. The third kappa shape index (κ3) is 2.25. The van der Waals surface area contributed by atoms with E-state index in [9.17, 15) is 4.79 Å². The van der Waals surface area contributed by atoms with E-state index in [1.165, 1.54) is 0 Å². The van der Waals surface area contributed by atoms with Crippen molar-refractivity contribution in [3.05, 3.63) is 47.5 Å². The number of hydrogen-bond donors (Lipinski definition) is 2. The van der Waals surface area contributed by atoms with Crippen LogP contribution in [0.4, 0.5) is 11.4 Å². The van der Waals surface area contributed by atoms with Crippen LogP contribution in [0.15, 0.2) is 36.4 Å². The maximum atomic E-state index is 11.0. The van der Waals surface area contributed by atoms with Crippen LogP contribution in [0.5, 0.6) is 11.5 Å². The second kappa shape index (κ2) is 4.77. The molecule has 0 saturated carbocycles. The number of carboxylic acid groups (broad SMARTS) is 1. The summed E-state index contributed by atoms with van der Waals surface area (Å²) in [6, 6.07) is 10.7. The zero-order chi connectivity index (χ0) is 14.1. The topological polar surface area (TPSA) is 67.8 Å². The fraction of sp³-hybridized carbons (Fsp3) is 0.133. The monoisotopic (exact) mass is 271 g/mol. The van der Waals surface area contributed by atoms with Gasteiger partial charge in [0, 0.05) is 17.4 Å². The van der Waals surface area contributed by atoms with Crippen LogP contribution in [0.25, 0.3) is 0 Å². The van der Waals surface area contributed by atoms with Gasteiger partial charge in [-0.15, -0.1) is 0 Å². The van der Waals surface area contributed by atoms with Gasteiger partial charge in [-0.2, -0.15) is 0 Å². The molecule has 0 spiro atoms. The molecule has 0 fully saturated rings. The summed E-state index contributed by atoms with van der Waals surface area (Å²) in [4.78, 5) is 11.0. The lowest BCUT2D eigenvalue weighted by molar-refractivity contribution is 0.0696. The molecule has 5 nitrogen and oxygen atoms in total. The first-order valence-corrected chi connectivity index (χ1v) is 6.14. The van der Waals surface area contributed by atoms with Gasteiger partial charge >= 0.3 is 5.97 Å². The molecule has 1 aliphatic heterocycles. The number of carbonyl (C=O) groups is 1. The third-order valence-corrected chi connectivity index (χ3v) is 3.12. The third-order valence-electron chi connectivity index (χ3n) is 3.12. The Labute approximate surface area is 115 Å². The van der Waals surface area contributed by atoms with Gasteiger partial charge in [-0.05, 0) is 42.8 Å². The largest absolute Gasteiger partial charge is 0.478 e. The summed E-state index contributed by atoms with van der Waals surface area (Å²) < 4.78 is 10.6.